The SMILES string of the molecule is Cc1cccc2c1-c1ccc(N(c3ccccc3-c3ccccc3)c3cc4ccccc4cc3-c3ccccc3)cc1C2(c1ccccc1)c1ccccc1. The molecular weight excluding hydrogens is 663 g/mol. The first-order chi connectivity index (χ1) is 27.2. The molecule has 1 nitrogen and oxygen atoms in total. The number of anilines is 3. The first kappa shape index (κ1) is 32.7. The molecule has 0 amide bonds. The van der Waals surface area contributed by atoms with E-state index in [-0.39, 0.29) is 0 Å². The summed E-state index contributed by atoms with van der Waals surface area (Å²) in [4.78, 5) is 2.51. The number of nitrogens with zero attached hydrogens (tertiary/aromatic N) is 1. The van der Waals surface area contributed by atoms with E-state index in [0.29, 0.717) is 0 Å². The monoisotopic (exact) mass is 701 g/mol. The third-order valence-corrected chi connectivity index (χ3v) is 11.4. The molecule has 0 saturated carbocycles. The number of aryl methyl sites for hydroxylation is 1. The van der Waals surface area contributed by atoms with Crippen molar-refractivity contribution >= 4 is 27.8 Å². The van der Waals surface area contributed by atoms with Crippen molar-refractivity contribution in [1.82, 2.24) is 0 Å². The van der Waals surface area contributed by atoms with E-state index in [9.17, 15) is 0 Å². The highest BCUT2D eigenvalue weighted by molar-refractivity contribution is 6.01. The zero-order valence-electron chi connectivity index (χ0n) is 30.7. The van der Waals surface area contributed by atoms with Gasteiger partial charge in [-0.15, -0.1) is 0 Å². The van der Waals surface area contributed by atoms with E-state index in [1.165, 1.54) is 72.0 Å². The largest absolute Gasteiger partial charge is 0.309 e. The number of hydrogen-bond donors (Lipinski definition) is 0. The fourth-order valence-corrected chi connectivity index (χ4v) is 9.05. The van der Waals surface area contributed by atoms with Crippen LogP contribution in [0.1, 0.15) is 27.8 Å². The van der Waals surface area contributed by atoms with Gasteiger partial charge in [0.05, 0.1) is 16.8 Å². The van der Waals surface area contributed by atoms with Crippen molar-refractivity contribution in [2.75, 3.05) is 4.90 Å². The van der Waals surface area contributed by atoms with Crippen LogP contribution in [0.5, 0.6) is 0 Å². The number of para-hydroxylation sites is 1. The Kier molecular flexibility index (Phi) is 8.00. The van der Waals surface area contributed by atoms with Gasteiger partial charge in [-0.05, 0) is 98.1 Å². The number of hydrogen-bond acceptors (Lipinski definition) is 1. The minimum absolute atomic E-state index is 0.522. The molecule has 0 radical (unpaired) electrons. The molecule has 10 rings (SSSR count). The Morgan fingerprint density at radius 3 is 1.56 bits per heavy atom. The van der Waals surface area contributed by atoms with Gasteiger partial charge in [-0.25, -0.2) is 0 Å². The van der Waals surface area contributed by atoms with Gasteiger partial charge in [0.2, 0.25) is 0 Å². The summed E-state index contributed by atoms with van der Waals surface area (Å²) in [5.74, 6) is 0. The molecule has 260 valence electrons. The van der Waals surface area contributed by atoms with Crippen LogP contribution in [0.3, 0.4) is 0 Å². The third kappa shape index (κ3) is 5.31. The minimum Gasteiger partial charge on any atom is -0.309 e. The Morgan fingerprint density at radius 2 is 0.909 bits per heavy atom. The normalized spacial score (nSPS) is 12.6. The van der Waals surface area contributed by atoms with E-state index in [1.807, 2.05) is 0 Å². The van der Waals surface area contributed by atoms with E-state index in [0.717, 1.165) is 17.1 Å². The summed E-state index contributed by atoms with van der Waals surface area (Å²) in [5, 5.41) is 2.42. The lowest BCUT2D eigenvalue weighted by Gasteiger charge is -2.35. The van der Waals surface area contributed by atoms with E-state index >= 15 is 0 Å². The van der Waals surface area contributed by atoms with Crippen LogP contribution in [-0.2, 0) is 5.41 Å². The van der Waals surface area contributed by atoms with Crippen LogP contribution in [0, 0.1) is 6.92 Å². The van der Waals surface area contributed by atoms with Gasteiger partial charge >= 0.3 is 0 Å². The van der Waals surface area contributed by atoms with Crippen molar-refractivity contribution in [1.29, 1.82) is 0 Å². The Labute approximate surface area is 323 Å². The van der Waals surface area contributed by atoms with Crippen LogP contribution < -0.4 is 4.90 Å². The summed E-state index contributed by atoms with van der Waals surface area (Å²) < 4.78 is 0. The first-order valence-corrected chi connectivity index (χ1v) is 19.1. The molecule has 0 bridgehead atoms. The molecule has 9 aromatic carbocycles. The van der Waals surface area contributed by atoms with Gasteiger partial charge in [-0.1, -0.05) is 188 Å². The van der Waals surface area contributed by atoms with Crippen molar-refractivity contribution in [3.63, 3.8) is 0 Å². The van der Waals surface area contributed by atoms with Crippen molar-refractivity contribution in [2.24, 2.45) is 0 Å². The smallest absolute Gasteiger partial charge is 0.0714 e. The molecule has 0 aliphatic heterocycles. The lowest BCUT2D eigenvalue weighted by atomic mass is 9.67. The van der Waals surface area contributed by atoms with Crippen molar-refractivity contribution < 1.29 is 0 Å². The maximum Gasteiger partial charge on any atom is 0.0714 e. The molecule has 0 heterocycles. The van der Waals surface area contributed by atoms with E-state index in [4.69, 9.17) is 0 Å². The highest BCUT2D eigenvalue weighted by atomic mass is 15.1. The Balaban J connectivity index is 1.33. The van der Waals surface area contributed by atoms with Gasteiger partial charge in [0.1, 0.15) is 0 Å². The maximum atomic E-state index is 2.51. The maximum absolute atomic E-state index is 2.51. The average molecular weight is 702 g/mol. The highest BCUT2D eigenvalue weighted by Crippen LogP contribution is 2.58. The van der Waals surface area contributed by atoms with Crippen LogP contribution in [0.4, 0.5) is 17.1 Å². The number of rotatable bonds is 7. The Bertz CT molecular complexity index is 2770. The van der Waals surface area contributed by atoms with Crippen LogP contribution >= 0.6 is 0 Å². The summed E-state index contributed by atoms with van der Waals surface area (Å²) in [6.07, 6.45) is 0. The molecular formula is C54H39N. The molecule has 0 aromatic heterocycles. The fraction of sp³-hybridized carbons (Fsp3) is 0.0370. The van der Waals surface area contributed by atoms with E-state index in [1.54, 1.807) is 0 Å². The highest BCUT2D eigenvalue weighted by Gasteiger charge is 2.47. The fourth-order valence-electron chi connectivity index (χ4n) is 9.05. The predicted molar refractivity (Wildman–Crippen MR) is 232 cm³/mol. The molecule has 1 aliphatic carbocycles. The molecule has 0 atom stereocenters. The molecule has 9 aromatic rings. The quantitative estimate of drug-likeness (QED) is 0.160. The summed E-state index contributed by atoms with van der Waals surface area (Å²) >= 11 is 0. The first-order valence-electron chi connectivity index (χ1n) is 19.1. The number of fused-ring (bicyclic) bond motifs is 4. The lowest BCUT2D eigenvalue weighted by molar-refractivity contribution is 0.768. The van der Waals surface area contributed by atoms with Gasteiger partial charge in [0.15, 0.2) is 0 Å². The van der Waals surface area contributed by atoms with Crippen LogP contribution in [0.2, 0.25) is 0 Å². The second-order valence-electron chi connectivity index (χ2n) is 14.5. The molecule has 0 N–H and O–H groups in total. The predicted octanol–water partition coefficient (Wildman–Crippen LogP) is 14.3. The second kappa shape index (κ2) is 13.5. The molecule has 0 saturated heterocycles. The molecule has 0 unspecified atom stereocenters. The van der Waals surface area contributed by atoms with Crippen LogP contribution in [0.25, 0.3) is 44.2 Å². The summed E-state index contributed by atoms with van der Waals surface area (Å²) in [6, 6.07) is 80.2. The second-order valence-corrected chi connectivity index (χ2v) is 14.5. The average Bonchev–Trinajstić information content (AvgIpc) is 3.56. The standard InChI is InChI=1S/C54H39N/c1-38-19-18-31-49-53(38)47-34-33-45(37-50(47)54(49,43-26-10-4-11-27-43)44-28-12-5-13-29-44)55(51-32-17-16-30-46(51)39-20-6-2-7-21-39)52-36-42-25-15-14-24-41(42)35-48(52)40-22-8-3-9-23-40/h2-37H,1H3. The molecule has 1 aliphatic rings. The van der Waals surface area contributed by atoms with Gasteiger partial charge < -0.3 is 4.90 Å². The zero-order valence-corrected chi connectivity index (χ0v) is 30.7. The van der Waals surface area contributed by atoms with Crippen molar-refractivity contribution in [3.8, 4) is 33.4 Å². The molecule has 55 heavy (non-hydrogen) atoms. The summed E-state index contributed by atoms with van der Waals surface area (Å²) in [7, 11) is 0. The van der Waals surface area contributed by atoms with Crippen molar-refractivity contribution in [3.05, 3.63) is 246 Å². The molecule has 0 fully saturated rings. The topological polar surface area (TPSA) is 3.24 Å². The van der Waals surface area contributed by atoms with Crippen LogP contribution in [0.15, 0.2) is 218 Å². The van der Waals surface area contributed by atoms with Crippen molar-refractivity contribution in [2.45, 2.75) is 12.3 Å². The van der Waals surface area contributed by atoms with Gasteiger partial charge in [-0.2, -0.15) is 0 Å². The Hall–Kier alpha value is -6.96. The van der Waals surface area contributed by atoms with Crippen LogP contribution in [-0.4, -0.2) is 0 Å². The lowest BCUT2D eigenvalue weighted by Crippen LogP contribution is -2.28. The summed E-state index contributed by atoms with van der Waals surface area (Å²) in [5.41, 5.74) is 16.6. The van der Waals surface area contributed by atoms with Gasteiger partial charge in [-0.3, -0.25) is 0 Å². The third-order valence-electron chi connectivity index (χ3n) is 11.4. The summed E-state index contributed by atoms with van der Waals surface area (Å²) in [6.45, 7) is 2.26. The zero-order chi connectivity index (χ0) is 36.8. The molecule has 1 heteroatoms. The van der Waals surface area contributed by atoms with Gasteiger partial charge in [0, 0.05) is 16.8 Å². The molecule has 0 spiro atoms. The van der Waals surface area contributed by atoms with E-state index in [2.05, 4.69) is 230 Å². The number of benzene rings is 9. The minimum atomic E-state index is -0.522. The Morgan fingerprint density at radius 1 is 0.364 bits per heavy atom. The van der Waals surface area contributed by atoms with E-state index < -0.39 is 5.41 Å². The van der Waals surface area contributed by atoms with Gasteiger partial charge in [0.25, 0.3) is 0 Å².